The molecule has 0 radical (unpaired) electrons. The van der Waals surface area contributed by atoms with Crippen LogP contribution >= 0.6 is 0 Å². The highest BCUT2D eigenvalue weighted by Gasteiger charge is 2.41. The number of rotatable bonds is 11. The maximum Gasteiger partial charge on any atom is 0.249 e. The molecular weight excluding hydrogens is 537 g/mol. The zero-order valence-corrected chi connectivity index (χ0v) is 21.9. The summed E-state index contributed by atoms with van der Waals surface area (Å²) in [6, 6.07) is 5.99. The second kappa shape index (κ2) is 12.8. The SMILES string of the molecule is COc1ccc2ncc(CF)c([C@H](F)CCC3(C(=O)NO)CCN(CCOc4c(F)cc(F)cc4F)CC3)c2c1. The first-order valence-electron chi connectivity index (χ1n) is 12.8. The van der Waals surface area contributed by atoms with Gasteiger partial charge in [0.2, 0.25) is 5.91 Å². The Morgan fingerprint density at radius 3 is 2.50 bits per heavy atom. The van der Waals surface area contributed by atoms with Crippen molar-refractivity contribution >= 4 is 16.8 Å². The fourth-order valence-electron chi connectivity index (χ4n) is 5.24. The number of ether oxygens (including phenoxy) is 2. The number of hydrogen-bond donors (Lipinski definition) is 2. The number of fused-ring (bicyclic) bond motifs is 1. The van der Waals surface area contributed by atoms with Crippen LogP contribution in [0.5, 0.6) is 11.5 Å². The van der Waals surface area contributed by atoms with E-state index in [0.717, 1.165) is 0 Å². The third-order valence-electron chi connectivity index (χ3n) is 7.55. The molecule has 1 aromatic heterocycles. The number of hydroxylamine groups is 1. The molecule has 3 aromatic rings. The topological polar surface area (TPSA) is 83.9 Å². The van der Waals surface area contributed by atoms with Crippen LogP contribution in [0.4, 0.5) is 22.0 Å². The molecule has 1 aliphatic rings. The van der Waals surface area contributed by atoms with Crippen LogP contribution in [0.1, 0.15) is 43.0 Å². The minimum Gasteiger partial charge on any atom is -0.497 e. The number of nitrogens with zero attached hydrogens (tertiary/aromatic N) is 2. The van der Waals surface area contributed by atoms with Gasteiger partial charge in [-0.2, -0.15) is 0 Å². The van der Waals surface area contributed by atoms with E-state index in [1.165, 1.54) is 13.3 Å². The van der Waals surface area contributed by atoms with Gasteiger partial charge in [-0.1, -0.05) is 0 Å². The lowest BCUT2D eigenvalue weighted by molar-refractivity contribution is -0.143. The summed E-state index contributed by atoms with van der Waals surface area (Å²) in [5, 5.41) is 9.85. The first-order valence-corrected chi connectivity index (χ1v) is 12.8. The molecule has 40 heavy (non-hydrogen) atoms. The van der Waals surface area contributed by atoms with Crippen molar-refractivity contribution in [2.75, 3.05) is 33.4 Å². The zero-order chi connectivity index (χ0) is 28.9. The third-order valence-corrected chi connectivity index (χ3v) is 7.55. The van der Waals surface area contributed by atoms with Crippen molar-refractivity contribution in [1.82, 2.24) is 15.4 Å². The molecule has 0 bridgehead atoms. The van der Waals surface area contributed by atoms with Crippen molar-refractivity contribution in [2.45, 2.75) is 38.5 Å². The Labute approximate surface area is 227 Å². The number of carbonyl (C=O) groups excluding carboxylic acids is 1. The summed E-state index contributed by atoms with van der Waals surface area (Å²) in [4.78, 5) is 18.8. The van der Waals surface area contributed by atoms with Crippen molar-refractivity contribution in [1.29, 1.82) is 0 Å². The van der Waals surface area contributed by atoms with E-state index in [9.17, 15) is 27.6 Å². The Bertz CT molecular complexity index is 1320. The highest BCUT2D eigenvalue weighted by molar-refractivity contribution is 5.85. The number of amides is 1. The van der Waals surface area contributed by atoms with Gasteiger partial charge in [-0.3, -0.25) is 19.9 Å². The minimum atomic E-state index is -1.61. The molecule has 2 N–H and O–H groups in total. The average Bonchev–Trinajstić information content (AvgIpc) is 2.96. The quantitative estimate of drug-likeness (QED) is 0.179. The monoisotopic (exact) mass is 567 g/mol. The van der Waals surface area contributed by atoms with E-state index in [4.69, 9.17) is 9.47 Å². The third kappa shape index (κ3) is 6.28. The molecule has 12 heteroatoms. The van der Waals surface area contributed by atoms with E-state index in [2.05, 4.69) is 4.98 Å². The van der Waals surface area contributed by atoms with Crippen LogP contribution in [0.3, 0.4) is 0 Å². The number of hydrogen-bond acceptors (Lipinski definition) is 6. The number of nitrogens with one attached hydrogen (secondary N) is 1. The van der Waals surface area contributed by atoms with Crippen LogP contribution in [0.15, 0.2) is 36.5 Å². The second-order valence-corrected chi connectivity index (χ2v) is 9.83. The minimum absolute atomic E-state index is 0.0798. The van der Waals surface area contributed by atoms with Gasteiger partial charge in [0.15, 0.2) is 17.4 Å². The van der Waals surface area contributed by atoms with Gasteiger partial charge in [0, 0.05) is 41.4 Å². The van der Waals surface area contributed by atoms with Crippen LogP contribution in [0, 0.1) is 22.9 Å². The predicted molar refractivity (Wildman–Crippen MR) is 136 cm³/mol. The fraction of sp³-hybridized carbons (Fsp3) is 0.429. The number of likely N-dealkylation sites (tertiary alicyclic amines) is 1. The smallest absolute Gasteiger partial charge is 0.249 e. The summed E-state index contributed by atoms with van der Waals surface area (Å²) in [7, 11) is 1.47. The van der Waals surface area contributed by atoms with Crippen LogP contribution in [-0.2, 0) is 11.5 Å². The molecule has 2 heterocycles. The summed E-state index contributed by atoms with van der Waals surface area (Å²) in [5.41, 5.74) is 1.36. The van der Waals surface area contributed by atoms with Crippen molar-refractivity contribution in [3.05, 3.63) is 65.1 Å². The van der Waals surface area contributed by atoms with E-state index in [0.29, 0.717) is 41.9 Å². The maximum absolute atomic E-state index is 15.8. The van der Waals surface area contributed by atoms with Crippen molar-refractivity contribution in [2.24, 2.45) is 5.41 Å². The molecule has 2 aromatic carbocycles. The molecular formula is C28H30F5N3O4. The molecule has 0 aliphatic carbocycles. The van der Waals surface area contributed by atoms with Crippen molar-refractivity contribution in [3.8, 4) is 11.5 Å². The van der Waals surface area contributed by atoms with Gasteiger partial charge in [-0.15, -0.1) is 0 Å². The molecule has 0 unspecified atom stereocenters. The molecule has 7 nitrogen and oxygen atoms in total. The van der Waals surface area contributed by atoms with Crippen LogP contribution < -0.4 is 15.0 Å². The summed E-state index contributed by atoms with van der Waals surface area (Å²) in [5.74, 6) is -4.19. The molecule has 216 valence electrons. The molecule has 1 amide bonds. The number of methoxy groups -OCH3 is 1. The first-order chi connectivity index (χ1) is 19.2. The number of carbonyl (C=O) groups is 1. The number of benzene rings is 2. The van der Waals surface area contributed by atoms with E-state index in [1.54, 1.807) is 23.7 Å². The Hall–Kier alpha value is -3.51. The highest BCUT2D eigenvalue weighted by Crippen LogP contribution is 2.41. The average molecular weight is 568 g/mol. The Morgan fingerprint density at radius 2 is 1.88 bits per heavy atom. The van der Waals surface area contributed by atoms with E-state index < -0.39 is 47.4 Å². The van der Waals surface area contributed by atoms with Gasteiger partial charge in [-0.25, -0.2) is 27.4 Å². The predicted octanol–water partition coefficient (Wildman–Crippen LogP) is 5.59. The number of aromatic nitrogens is 1. The number of alkyl halides is 2. The number of pyridine rings is 1. The van der Waals surface area contributed by atoms with Crippen LogP contribution in [0.25, 0.3) is 10.9 Å². The molecule has 1 atom stereocenters. The Kier molecular flexibility index (Phi) is 9.41. The van der Waals surface area contributed by atoms with Gasteiger partial charge >= 0.3 is 0 Å². The maximum atomic E-state index is 15.8. The van der Waals surface area contributed by atoms with E-state index in [1.807, 2.05) is 4.90 Å². The fourth-order valence-corrected chi connectivity index (χ4v) is 5.24. The van der Waals surface area contributed by atoms with Gasteiger partial charge in [0.05, 0.1) is 18.0 Å². The van der Waals surface area contributed by atoms with Crippen LogP contribution in [0.2, 0.25) is 0 Å². The first kappa shape index (κ1) is 29.5. The number of piperidine rings is 1. The van der Waals surface area contributed by atoms with Gasteiger partial charge in [0.25, 0.3) is 0 Å². The Morgan fingerprint density at radius 1 is 1.18 bits per heavy atom. The van der Waals surface area contributed by atoms with E-state index in [-0.39, 0.29) is 50.0 Å². The summed E-state index contributed by atoms with van der Waals surface area (Å²) < 4.78 is 80.7. The van der Waals surface area contributed by atoms with Gasteiger partial charge < -0.3 is 9.47 Å². The molecule has 1 aliphatic heterocycles. The van der Waals surface area contributed by atoms with E-state index >= 15 is 4.39 Å². The van der Waals surface area contributed by atoms with Gasteiger partial charge in [-0.05, 0) is 57.0 Å². The molecule has 4 rings (SSSR count). The Balaban J connectivity index is 1.42. The van der Waals surface area contributed by atoms with Crippen molar-refractivity contribution in [3.63, 3.8) is 0 Å². The lowest BCUT2D eigenvalue weighted by Crippen LogP contribution is -2.49. The lowest BCUT2D eigenvalue weighted by Gasteiger charge is -2.40. The largest absolute Gasteiger partial charge is 0.497 e. The summed E-state index contributed by atoms with van der Waals surface area (Å²) in [6.07, 6.45) is 0.202. The normalized spacial score (nSPS) is 16.1. The van der Waals surface area contributed by atoms with Gasteiger partial charge in [0.1, 0.15) is 31.0 Å². The molecule has 0 spiro atoms. The summed E-state index contributed by atoms with van der Waals surface area (Å²) >= 11 is 0. The number of halogens is 5. The lowest BCUT2D eigenvalue weighted by atomic mass is 9.73. The molecule has 1 fully saturated rings. The van der Waals surface area contributed by atoms with Crippen LogP contribution in [-0.4, -0.2) is 54.3 Å². The second-order valence-electron chi connectivity index (χ2n) is 9.83. The summed E-state index contributed by atoms with van der Waals surface area (Å²) in [6.45, 7) is 0.000704. The standard InChI is InChI=1S/C28H30F5N3O4/c1-39-19-2-3-24-20(14-19)25(17(15-29)16-34-24)21(31)4-5-28(27(37)35-38)6-8-36(9-7-28)10-11-40-26-22(32)12-18(30)13-23(26)33/h2-3,12-14,16,21,38H,4-11,15H2,1H3,(H,35,37)/t21-/m1/s1. The molecule has 1 saturated heterocycles. The van der Waals surface area contributed by atoms with Crippen molar-refractivity contribution < 1.29 is 41.4 Å². The zero-order valence-electron chi connectivity index (χ0n) is 21.9. The molecule has 0 saturated carbocycles. The highest BCUT2D eigenvalue weighted by atomic mass is 19.2.